The summed E-state index contributed by atoms with van der Waals surface area (Å²) in [6.07, 6.45) is 4.54. The van der Waals surface area contributed by atoms with Crippen LogP contribution in [0.25, 0.3) is 6.08 Å². The molecule has 0 spiro atoms. The molecule has 1 fully saturated rings. The molecule has 31 heavy (non-hydrogen) atoms. The Hall–Kier alpha value is -2.70. The van der Waals surface area contributed by atoms with Gasteiger partial charge in [0.15, 0.2) is 0 Å². The van der Waals surface area contributed by atoms with Crippen LogP contribution < -0.4 is 10.9 Å². The fourth-order valence-electron chi connectivity index (χ4n) is 5.22. The number of hydrogen-bond acceptors (Lipinski definition) is 4. The third-order valence-corrected chi connectivity index (χ3v) is 6.61. The first-order valence-electron chi connectivity index (χ1n) is 11.1. The Bertz CT molecular complexity index is 1010. The molecule has 4 rings (SSSR count). The molecule has 6 nitrogen and oxygen atoms in total. The maximum absolute atomic E-state index is 13.2. The van der Waals surface area contributed by atoms with Crippen LogP contribution >= 0.6 is 0 Å². The second-order valence-corrected chi connectivity index (χ2v) is 8.46. The molecule has 0 saturated carbocycles. The van der Waals surface area contributed by atoms with Gasteiger partial charge in [0.05, 0.1) is 12.0 Å². The minimum Gasteiger partial charge on any atom is -0.396 e. The van der Waals surface area contributed by atoms with Gasteiger partial charge in [0.2, 0.25) is 5.91 Å². The van der Waals surface area contributed by atoms with Gasteiger partial charge in [-0.1, -0.05) is 49.4 Å². The summed E-state index contributed by atoms with van der Waals surface area (Å²) in [5.74, 6) is -0.661. The van der Waals surface area contributed by atoms with Crippen LogP contribution in [0.1, 0.15) is 43.1 Å². The largest absolute Gasteiger partial charge is 0.396 e. The van der Waals surface area contributed by atoms with Crippen molar-refractivity contribution in [2.24, 2.45) is 11.8 Å². The van der Waals surface area contributed by atoms with Gasteiger partial charge >= 0.3 is 0 Å². The highest BCUT2D eigenvalue weighted by molar-refractivity contribution is 5.80. The smallest absolute Gasteiger partial charge is 0.258 e. The lowest BCUT2D eigenvalue weighted by molar-refractivity contribution is -0.127. The summed E-state index contributed by atoms with van der Waals surface area (Å²) < 4.78 is 1.82. The number of aliphatic hydroxyl groups is 1. The Morgan fingerprint density at radius 3 is 2.68 bits per heavy atom. The van der Waals surface area contributed by atoms with E-state index >= 15 is 0 Å². The molecule has 1 aromatic carbocycles. The molecule has 1 aromatic heterocycles. The zero-order valence-electron chi connectivity index (χ0n) is 18.2. The monoisotopic (exact) mass is 421 g/mol. The minimum absolute atomic E-state index is 0.0312. The van der Waals surface area contributed by atoms with E-state index < -0.39 is 5.92 Å². The molecular formula is C25H31N3O3. The summed E-state index contributed by atoms with van der Waals surface area (Å²) in [7, 11) is 0. The van der Waals surface area contributed by atoms with Crippen LogP contribution in [0, 0.1) is 11.8 Å². The number of nitrogens with one attached hydrogen (secondary N) is 1. The number of allylic oxidation sites excluding steroid dienone is 1. The zero-order chi connectivity index (χ0) is 22.0. The maximum Gasteiger partial charge on any atom is 0.258 e. The van der Waals surface area contributed by atoms with Crippen LogP contribution in [-0.2, 0) is 17.9 Å². The molecule has 2 N–H and O–H groups in total. The quantitative estimate of drug-likeness (QED) is 0.721. The Labute approximate surface area is 183 Å². The zero-order valence-corrected chi connectivity index (χ0v) is 18.2. The van der Waals surface area contributed by atoms with Crippen molar-refractivity contribution in [2.75, 3.05) is 13.2 Å². The Morgan fingerprint density at radius 2 is 2.00 bits per heavy atom. The standard InChI is InChI=1S/C25H31N3O3/c1-3-8-18-11-12-20-23-22(24(30)26-13-4-2)19(16-29)21(15-28(20)25(18)31)27(23)14-17-9-6-5-7-10-17/h3,5-12,19,21-23,29H,4,13-16H2,1-2H3,(H,26,30)/b8-3-/t19-,21-,22+,23+/m1/s1. The Balaban J connectivity index is 1.81. The molecule has 164 valence electrons. The van der Waals surface area contributed by atoms with Crippen molar-refractivity contribution < 1.29 is 9.90 Å². The second-order valence-electron chi connectivity index (χ2n) is 8.46. The third-order valence-electron chi connectivity index (χ3n) is 6.61. The molecule has 0 aliphatic carbocycles. The van der Waals surface area contributed by atoms with Crippen LogP contribution in [0.15, 0.2) is 53.3 Å². The SMILES string of the molecule is C/C=C\c1ccc2n(c1=O)C[C@@H]1[C@@H](CO)[C@H](C(=O)NCCC)[C@H]2N1Cc1ccccc1. The number of carbonyl (C=O) groups excluding carboxylic acids is 1. The van der Waals surface area contributed by atoms with E-state index in [0.717, 1.165) is 17.7 Å². The van der Waals surface area contributed by atoms with Gasteiger partial charge in [-0.2, -0.15) is 0 Å². The van der Waals surface area contributed by atoms with Crippen LogP contribution in [0.4, 0.5) is 0 Å². The first-order chi connectivity index (χ1) is 15.1. The van der Waals surface area contributed by atoms with Gasteiger partial charge in [-0.05, 0) is 31.0 Å². The first kappa shape index (κ1) is 21.5. The fraction of sp³-hybridized carbons (Fsp3) is 0.440. The lowest BCUT2D eigenvalue weighted by Crippen LogP contribution is -2.46. The number of amides is 1. The minimum atomic E-state index is -0.397. The lowest BCUT2D eigenvalue weighted by Gasteiger charge is -2.38. The number of carbonyl (C=O) groups is 1. The van der Waals surface area contributed by atoms with Gasteiger partial charge in [0.25, 0.3) is 5.56 Å². The van der Waals surface area contributed by atoms with Gasteiger partial charge in [-0.15, -0.1) is 0 Å². The van der Waals surface area contributed by atoms with Crippen LogP contribution in [-0.4, -0.2) is 39.7 Å². The highest BCUT2D eigenvalue weighted by Gasteiger charge is 2.55. The molecule has 1 saturated heterocycles. The van der Waals surface area contributed by atoms with Crippen molar-refractivity contribution >= 4 is 12.0 Å². The highest BCUT2D eigenvalue weighted by Crippen LogP contribution is 2.48. The Kier molecular flexibility index (Phi) is 6.39. The average molecular weight is 422 g/mol. The molecule has 2 bridgehead atoms. The molecule has 6 heteroatoms. The number of fused-ring (bicyclic) bond motifs is 4. The third kappa shape index (κ3) is 3.86. The number of hydrogen-bond donors (Lipinski definition) is 2. The molecule has 4 atom stereocenters. The predicted molar refractivity (Wildman–Crippen MR) is 121 cm³/mol. The summed E-state index contributed by atoms with van der Waals surface area (Å²) in [4.78, 5) is 28.7. The van der Waals surface area contributed by atoms with E-state index in [-0.39, 0.29) is 36.1 Å². The highest BCUT2D eigenvalue weighted by atomic mass is 16.3. The maximum atomic E-state index is 13.2. The second kappa shape index (κ2) is 9.20. The summed E-state index contributed by atoms with van der Waals surface area (Å²) in [6, 6.07) is 13.7. The predicted octanol–water partition coefficient (Wildman–Crippen LogP) is 2.57. The summed E-state index contributed by atoms with van der Waals surface area (Å²) in [5.41, 5.74) is 2.63. The molecule has 2 aliphatic heterocycles. The molecule has 2 aliphatic rings. The van der Waals surface area contributed by atoms with E-state index in [0.29, 0.717) is 25.2 Å². The van der Waals surface area contributed by atoms with Gasteiger partial charge in [-0.25, -0.2) is 0 Å². The molecule has 0 unspecified atom stereocenters. The molecule has 3 heterocycles. The summed E-state index contributed by atoms with van der Waals surface area (Å²) in [6.45, 7) is 5.60. The Morgan fingerprint density at radius 1 is 1.23 bits per heavy atom. The molecule has 2 aromatic rings. The van der Waals surface area contributed by atoms with E-state index in [1.54, 1.807) is 0 Å². The van der Waals surface area contributed by atoms with Crippen molar-refractivity contribution in [2.45, 2.75) is 45.4 Å². The average Bonchev–Trinajstić information content (AvgIpc) is 2.99. The van der Waals surface area contributed by atoms with Crippen molar-refractivity contribution in [3.05, 3.63) is 75.7 Å². The van der Waals surface area contributed by atoms with Crippen LogP contribution in [0.2, 0.25) is 0 Å². The van der Waals surface area contributed by atoms with Crippen molar-refractivity contribution in [3.8, 4) is 0 Å². The number of rotatable bonds is 7. The normalized spacial score (nSPS) is 25.0. The number of benzene rings is 1. The lowest BCUT2D eigenvalue weighted by atomic mass is 9.86. The topological polar surface area (TPSA) is 74.6 Å². The molecular weight excluding hydrogens is 390 g/mol. The van der Waals surface area contributed by atoms with E-state index in [1.807, 2.05) is 60.9 Å². The molecule has 0 radical (unpaired) electrons. The number of pyridine rings is 1. The fourth-order valence-corrected chi connectivity index (χ4v) is 5.22. The van der Waals surface area contributed by atoms with Crippen molar-refractivity contribution in [3.63, 3.8) is 0 Å². The number of aliphatic hydroxyl groups excluding tert-OH is 1. The molecule has 1 amide bonds. The van der Waals surface area contributed by atoms with Crippen LogP contribution in [0.3, 0.4) is 0 Å². The van der Waals surface area contributed by atoms with E-state index in [2.05, 4.69) is 22.3 Å². The van der Waals surface area contributed by atoms with Crippen LogP contribution in [0.5, 0.6) is 0 Å². The van der Waals surface area contributed by atoms with E-state index in [9.17, 15) is 14.7 Å². The number of aromatic nitrogens is 1. The van der Waals surface area contributed by atoms with Gasteiger partial charge in [-0.3, -0.25) is 14.5 Å². The van der Waals surface area contributed by atoms with E-state index in [1.165, 1.54) is 0 Å². The number of nitrogens with zero attached hydrogens (tertiary/aromatic N) is 2. The van der Waals surface area contributed by atoms with E-state index in [4.69, 9.17) is 0 Å². The van der Waals surface area contributed by atoms with Crippen molar-refractivity contribution in [1.82, 2.24) is 14.8 Å². The van der Waals surface area contributed by atoms with Gasteiger partial charge < -0.3 is 15.0 Å². The summed E-state index contributed by atoms with van der Waals surface area (Å²) >= 11 is 0. The van der Waals surface area contributed by atoms with Gasteiger partial charge in [0, 0.05) is 49.5 Å². The van der Waals surface area contributed by atoms with Gasteiger partial charge in [0.1, 0.15) is 0 Å². The first-order valence-corrected chi connectivity index (χ1v) is 11.1. The summed E-state index contributed by atoms with van der Waals surface area (Å²) in [5, 5.41) is 13.4. The van der Waals surface area contributed by atoms with Crippen molar-refractivity contribution in [1.29, 1.82) is 0 Å².